The molecule has 1 amide bonds. The van der Waals surface area contributed by atoms with Crippen LogP contribution in [0.3, 0.4) is 0 Å². The molecule has 1 fully saturated rings. The molecule has 2 atom stereocenters. The summed E-state index contributed by atoms with van der Waals surface area (Å²) in [6.07, 6.45) is 2.28. The molecule has 8 nitrogen and oxygen atoms in total. The molecule has 0 N–H and O–H groups in total. The number of ether oxygens (including phenoxy) is 1. The fourth-order valence-electron chi connectivity index (χ4n) is 3.98. The third kappa shape index (κ3) is 4.05. The van der Waals surface area contributed by atoms with Crippen LogP contribution in [0.15, 0.2) is 64.3 Å². The summed E-state index contributed by atoms with van der Waals surface area (Å²) in [6, 6.07) is 11.3. The Balaban J connectivity index is 1.54. The van der Waals surface area contributed by atoms with Gasteiger partial charge in [-0.1, -0.05) is 31.7 Å². The highest BCUT2D eigenvalue weighted by atomic mass is 32.2. The number of fused-ring (bicyclic) bond motifs is 1. The van der Waals surface area contributed by atoms with Gasteiger partial charge in [-0.2, -0.15) is 0 Å². The number of non-ortho nitro benzene ring substituents is 1. The Bertz CT molecular complexity index is 1050. The number of β-lactam (4-membered cyclic amide) rings is 1. The summed E-state index contributed by atoms with van der Waals surface area (Å²) in [5.74, 6) is -0.557. The maximum atomic E-state index is 13.0. The van der Waals surface area contributed by atoms with Crippen LogP contribution in [-0.2, 0) is 20.9 Å². The number of aromatic nitrogens is 1. The van der Waals surface area contributed by atoms with E-state index >= 15 is 0 Å². The number of nitro groups is 1. The van der Waals surface area contributed by atoms with Crippen molar-refractivity contribution in [3.05, 3.63) is 74.9 Å². The second-order valence-electron chi connectivity index (χ2n) is 7.79. The molecule has 2 aliphatic heterocycles. The second kappa shape index (κ2) is 8.50. The molecular formula is C22H21N3O5S. The summed E-state index contributed by atoms with van der Waals surface area (Å²) in [6.45, 7) is 3.98. The minimum Gasteiger partial charge on any atom is -0.456 e. The van der Waals surface area contributed by atoms with E-state index in [1.54, 1.807) is 23.2 Å². The van der Waals surface area contributed by atoms with E-state index in [0.29, 0.717) is 12.0 Å². The number of hydrogen-bond acceptors (Lipinski definition) is 7. The maximum absolute atomic E-state index is 13.0. The fourth-order valence-corrected chi connectivity index (χ4v) is 5.02. The smallest absolute Gasteiger partial charge is 0.356 e. The predicted octanol–water partition coefficient (Wildman–Crippen LogP) is 3.92. The molecule has 2 unspecified atom stereocenters. The molecule has 2 aromatic rings. The van der Waals surface area contributed by atoms with Crippen LogP contribution < -0.4 is 0 Å². The van der Waals surface area contributed by atoms with Crippen molar-refractivity contribution in [3.8, 4) is 0 Å². The van der Waals surface area contributed by atoms with E-state index in [0.717, 1.165) is 9.93 Å². The summed E-state index contributed by atoms with van der Waals surface area (Å²) < 4.78 is 5.48. The van der Waals surface area contributed by atoms with E-state index in [9.17, 15) is 19.7 Å². The molecule has 160 valence electrons. The van der Waals surface area contributed by atoms with Crippen molar-refractivity contribution >= 4 is 29.3 Å². The Morgan fingerprint density at radius 3 is 2.65 bits per heavy atom. The quantitative estimate of drug-likeness (QED) is 0.279. The molecule has 1 saturated heterocycles. The Morgan fingerprint density at radius 2 is 2.03 bits per heavy atom. The van der Waals surface area contributed by atoms with Gasteiger partial charge in [0, 0.05) is 29.7 Å². The Labute approximate surface area is 183 Å². The van der Waals surface area contributed by atoms with E-state index in [4.69, 9.17) is 4.74 Å². The zero-order valence-electron chi connectivity index (χ0n) is 17.1. The number of amides is 1. The van der Waals surface area contributed by atoms with E-state index < -0.39 is 10.9 Å². The first kappa shape index (κ1) is 21.0. The molecule has 1 aromatic heterocycles. The lowest BCUT2D eigenvalue weighted by Crippen LogP contribution is -2.60. The zero-order chi connectivity index (χ0) is 22.1. The lowest BCUT2D eigenvalue weighted by Gasteiger charge is -2.45. The third-order valence-electron chi connectivity index (χ3n) is 5.46. The maximum Gasteiger partial charge on any atom is 0.356 e. The van der Waals surface area contributed by atoms with Gasteiger partial charge < -0.3 is 9.64 Å². The van der Waals surface area contributed by atoms with Crippen LogP contribution in [-0.4, -0.2) is 32.7 Å². The first-order valence-electron chi connectivity index (χ1n) is 9.92. The summed E-state index contributed by atoms with van der Waals surface area (Å²) in [5.41, 5.74) is 0.879. The Hall–Kier alpha value is -3.20. The van der Waals surface area contributed by atoms with Gasteiger partial charge in [-0.15, -0.1) is 0 Å². The van der Waals surface area contributed by atoms with Gasteiger partial charge in [0.2, 0.25) is 5.91 Å². The van der Waals surface area contributed by atoms with Crippen LogP contribution in [0.1, 0.15) is 25.8 Å². The van der Waals surface area contributed by atoms with E-state index in [-0.39, 0.29) is 41.8 Å². The number of nitrogens with zero attached hydrogens (tertiary/aromatic N) is 3. The molecule has 0 radical (unpaired) electrons. The minimum atomic E-state index is -0.574. The van der Waals surface area contributed by atoms with Crippen molar-refractivity contribution in [2.24, 2.45) is 11.8 Å². The van der Waals surface area contributed by atoms with Gasteiger partial charge in [0.25, 0.3) is 5.69 Å². The van der Waals surface area contributed by atoms with Crippen molar-refractivity contribution in [2.75, 3.05) is 0 Å². The van der Waals surface area contributed by atoms with Crippen LogP contribution >= 0.6 is 11.8 Å². The summed E-state index contributed by atoms with van der Waals surface area (Å²) in [5, 5.41) is 11.5. The number of nitro benzene ring substituents is 1. The summed E-state index contributed by atoms with van der Waals surface area (Å²) in [7, 11) is 0. The van der Waals surface area contributed by atoms with Crippen molar-refractivity contribution < 1.29 is 19.2 Å². The monoisotopic (exact) mass is 439 g/mol. The second-order valence-corrected chi connectivity index (χ2v) is 8.91. The zero-order valence-corrected chi connectivity index (χ0v) is 17.9. The molecule has 0 spiro atoms. The van der Waals surface area contributed by atoms with Gasteiger partial charge in [0.1, 0.15) is 17.3 Å². The van der Waals surface area contributed by atoms with Crippen molar-refractivity contribution in [1.82, 2.24) is 9.88 Å². The van der Waals surface area contributed by atoms with Crippen LogP contribution in [0.25, 0.3) is 0 Å². The molecule has 0 bridgehead atoms. The van der Waals surface area contributed by atoms with Crippen molar-refractivity contribution in [1.29, 1.82) is 0 Å². The molecule has 2 aliphatic rings. The van der Waals surface area contributed by atoms with Crippen LogP contribution in [0.5, 0.6) is 0 Å². The number of hydrogen-bond donors (Lipinski definition) is 0. The van der Waals surface area contributed by atoms with Gasteiger partial charge in [-0.05, 0) is 35.7 Å². The average molecular weight is 439 g/mol. The van der Waals surface area contributed by atoms with Crippen LogP contribution in [0, 0.1) is 22.0 Å². The topological polar surface area (TPSA) is 103 Å². The largest absolute Gasteiger partial charge is 0.456 e. The van der Waals surface area contributed by atoms with Crippen molar-refractivity contribution in [2.45, 2.75) is 37.9 Å². The lowest BCUT2D eigenvalue weighted by molar-refractivity contribution is -0.384. The SMILES string of the molecule is CC(C)C1C(=O)N2C(C(=O)OCc3ccc([N+](=O)[O-])cc3)=C(Sc3ccccn3)CC12. The Morgan fingerprint density at radius 1 is 1.29 bits per heavy atom. The van der Waals surface area contributed by atoms with Gasteiger partial charge in [0.15, 0.2) is 0 Å². The Kier molecular flexibility index (Phi) is 5.77. The van der Waals surface area contributed by atoms with Crippen LogP contribution in [0.4, 0.5) is 5.69 Å². The minimum absolute atomic E-state index is 0.0311. The molecule has 1 aromatic carbocycles. The molecule has 31 heavy (non-hydrogen) atoms. The molecule has 3 heterocycles. The molecule has 4 rings (SSSR count). The number of rotatable bonds is 7. The third-order valence-corrected chi connectivity index (χ3v) is 6.52. The van der Waals surface area contributed by atoms with Gasteiger partial charge in [-0.25, -0.2) is 9.78 Å². The summed E-state index contributed by atoms with van der Waals surface area (Å²) >= 11 is 1.38. The lowest BCUT2D eigenvalue weighted by atomic mass is 9.79. The molecular weight excluding hydrogens is 418 g/mol. The number of pyridine rings is 1. The highest BCUT2D eigenvalue weighted by Crippen LogP contribution is 2.49. The van der Waals surface area contributed by atoms with Gasteiger partial charge >= 0.3 is 5.97 Å². The van der Waals surface area contributed by atoms with Gasteiger partial charge in [0.05, 0.1) is 16.9 Å². The fraction of sp³-hybridized carbons (Fsp3) is 0.318. The van der Waals surface area contributed by atoms with Crippen LogP contribution in [0.2, 0.25) is 0 Å². The number of benzene rings is 1. The molecule has 0 aliphatic carbocycles. The predicted molar refractivity (Wildman–Crippen MR) is 114 cm³/mol. The standard InChI is InChI=1S/C22H21N3O5S/c1-13(2)19-16-11-17(31-18-5-3-4-10-23-18)20(24(16)21(19)26)22(27)30-12-14-6-8-15(9-7-14)25(28)29/h3-10,13,16,19H,11-12H2,1-2H3. The number of carbonyl (C=O) groups is 2. The number of carbonyl (C=O) groups excluding carboxylic acids is 2. The number of esters is 1. The first-order chi connectivity index (χ1) is 14.9. The first-order valence-corrected chi connectivity index (χ1v) is 10.7. The number of thioether (sulfide) groups is 1. The normalized spacial score (nSPS) is 20.0. The van der Waals surface area contributed by atoms with E-state index in [2.05, 4.69) is 4.98 Å². The summed E-state index contributed by atoms with van der Waals surface area (Å²) in [4.78, 5) is 42.7. The van der Waals surface area contributed by atoms with Crippen molar-refractivity contribution in [3.63, 3.8) is 0 Å². The molecule has 0 saturated carbocycles. The average Bonchev–Trinajstić information content (AvgIpc) is 3.06. The highest BCUT2D eigenvalue weighted by molar-refractivity contribution is 8.03. The molecule has 9 heteroatoms. The highest BCUT2D eigenvalue weighted by Gasteiger charge is 2.56. The van der Waals surface area contributed by atoms with E-state index in [1.165, 1.54) is 23.9 Å². The van der Waals surface area contributed by atoms with Gasteiger partial charge in [-0.3, -0.25) is 14.9 Å². The van der Waals surface area contributed by atoms with E-state index in [1.807, 2.05) is 32.0 Å².